The van der Waals surface area contributed by atoms with Gasteiger partial charge in [-0.05, 0) is 18.2 Å². The summed E-state index contributed by atoms with van der Waals surface area (Å²) in [4.78, 5) is 28.2. The molecule has 2 rings (SSSR count). The zero-order valence-electron chi connectivity index (χ0n) is 11.9. The molecule has 2 aromatic rings. The molecule has 126 valence electrons. The third kappa shape index (κ3) is 3.74. The quantitative estimate of drug-likeness (QED) is 0.477. The molecule has 1 aromatic carbocycles. The Balaban J connectivity index is 2.39. The monoisotopic (exact) mass is 343 g/mol. The lowest BCUT2D eigenvalue weighted by molar-refractivity contribution is -0.385. The Morgan fingerprint density at radius 3 is 2.58 bits per heavy atom. The first-order valence-corrected chi connectivity index (χ1v) is 6.17. The predicted molar refractivity (Wildman–Crippen MR) is 71.5 cm³/mol. The van der Waals surface area contributed by atoms with Crippen LogP contribution in [0.5, 0.6) is 11.8 Å². The molecule has 0 bridgehead atoms. The van der Waals surface area contributed by atoms with E-state index in [1.54, 1.807) is 0 Å². The van der Waals surface area contributed by atoms with Crippen molar-refractivity contribution in [1.29, 1.82) is 0 Å². The lowest BCUT2D eigenvalue weighted by Crippen LogP contribution is -2.09. The lowest BCUT2D eigenvalue weighted by Gasteiger charge is -2.08. The van der Waals surface area contributed by atoms with Gasteiger partial charge in [0.2, 0.25) is 5.75 Å². The number of nitro groups is 1. The van der Waals surface area contributed by atoms with Crippen LogP contribution >= 0.6 is 0 Å². The van der Waals surface area contributed by atoms with Crippen molar-refractivity contribution in [2.75, 3.05) is 7.11 Å². The summed E-state index contributed by atoms with van der Waals surface area (Å²) in [5, 5.41) is 11.1. The summed E-state index contributed by atoms with van der Waals surface area (Å²) >= 11 is 0. The van der Waals surface area contributed by atoms with E-state index < -0.39 is 40.2 Å². The van der Waals surface area contributed by atoms with Gasteiger partial charge < -0.3 is 9.47 Å². The third-order valence-corrected chi connectivity index (χ3v) is 2.70. The molecule has 1 aromatic heterocycles. The average molecular weight is 343 g/mol. The number of rotatable bonds is 4. The summed E-state index contributed by atoms with van der Waals surface area (Å²) in [6, 6.07) is 2.96. The molecule has 0 N–H and O–H groups in total. The second kappa shape index (κ2) is 6.48. The van der Waals surface area contributed by atoms with Crippen molar-refractivity contribution in [2.45, 2.75) is 6.18 Å². The summed E-state index contributed by atoms with van der Waals surface area (Å²) < 4.78 is 47.2. The fraction of sp³-hybridized carbons (Fsp3) is 0.154. The SMILES string of the molecule is COC(=O)c1ccc(Oc2nccc(C(F)(F)F)n2)c([N+](=O)[O-])c1. The van der Waals surface area contributed by atoms with Gasteiger partial charge >= 0.3 is 23.8 Å². The van der Waals surface area contributed by atoms with Gasteiger partial charge in [-0.3, -0.25) is 10.1 Å². The highest BCUT2D eigenvalue weighted by molar-refractivity contribution is 5.90. The predicted octanol–water partition coefficient (Wildman–Crippen LogP) is 2.98. The maximum atomic E-state index is 12.6. The minimum atomic E-state index is -4.72. The Morgan fingerprint density at radius 1 is 1.29 bits per heavy atom. The molecule has 0 saturated carbocycles. The van der Waals surface area contributed by atoms with Gasteiger partial charge in [-0.25, -0.2) is 9.78 Å². The van der Waals surface area contributed by atoms with Gasteiger partial charge in [-0.2, -0.15) is 18.2 Å². The highest BCUT2D eigenvalue weighted by Gasteiger charge is 2.33. The highest BCUT2D eigenvalue weighted by Crippen LogP contribution is 2.33. The van der Waals surface area contributed by atoms with Crippen LogP contribution < -0.4 is 4.74 Å². The van der Waals surface area contributed by atoms with Crippen molar-refractivity contribution in [3.8, 4) is 11.8 Å². The lowest BCUT2D eigenvalue weighted by atomic mass is 10.2. The second-order valence-corrected chi connectivity index (χ2v) is 4.26. The number of carbonyl (C=O) groups excluding carboxylic acids is 1. The molecule has 0 saturated heterocycles. The number of alkyl halides is 3. The zero-order chi connectivity index (χ0) is 17.9. The van der Waals surface area contributed by atoms with Crippen LogP contribution in [0.1, 0.15) is 16.1 Å². The van der Waals surface area contributed by atoms with Crippen LogP contribution in [0.2, 0.25) is 0 Å². The summed E-state index contributed by atoms with van der Waals surface area (Å²) in [6.45, 7) is 0. The van der Waals surface area contributed by atoms with E-state index in [9.17, 15) is 28.1 Å². The number of aromatic nitrogens is 2. The standard InChI is InChI=1S/C13H8F3N3O5/c1-23-11(20)7-2-3-9(8(6-7)19(21)22)24-12-17-5-4-10(18-12)13(14,15)16/h2-6H,1H3. The van der Waals surface area contributed by atoms with Crippen LogP contribution in [0.25, 0.3) is 0 Å². The second-order valence-electron chi connectivity index (χ2n) is 4.26. The number of nitro benzene ring substituents is 1. The molecule has 0 atom stereocenters. The van der Waals surface area contributed by atoms with E-state index >= 15 is 0 Å². The van der Waals surface area contributed by atoms with Gasteiger partial charge in [0.05, 0.1) is 17.6 Å². The number of hydrogen-bond donors (Lipinski definition) is 0. The number of nitrogens with zero attached hydrogens (tertiary/aromatic N) is 3. The first-order valence-electron chi connectivity index (χ1n) is 6.17. The molecule has 24 heavy (non-hydrogen) atoms. The number of hydrogen-bond acceptors (Lipinski definition) is 7. The van der Waals surface area contributed by atoms with E-state index in [4.69, 9.17) is 4.74 Å². The van der Waals surface area contributed by atoms with Crippen molar-refractivity contribution in [3.05, 3.63) is 51.8 Å². The van der Waals surface area contributed by atoms with Crippen LogP contribution in [0.4, 0.5) is 18.9 Å². The van der Waals surface area contributed by atoms with Crippen LogP contribution in [0, 0.1) is 10.1 Å². The van der Waals surface area contributed by atoms with E-state index in [0.29, 0.717) is 6.07 Å². The maximum absolute atomic E-state index is 12.6. The number of carbonyl (C=O) groups is 1. The number of esters is 1. The Kier molecular flexibility index (Phi) is 4.62. The van der Waals surface area contributed by atoms with Crippen LogP contribution in [0.3, 0.4) is 0 Å². The van der Waals surface area contributed by atoms with Gasteiger partial charge in [0.25, 0.3) is 0 Å². The molecule has 0 radical (unpaired) electrons. The summed E-state index contributed by atoms with van der Waals surface area (Å²) in [5.74, 6) is -1.24. The topological polar surface area (TPSA) is 104 Å². The molecule has 11 heteroatoms. The smallest absolute Gasteiger partial charge is 0.433 e. The van der Waals surface area contributed by atoms with Crippen LogP contribution in [-0.4, -0.2) is 28.0 Å². The molecule has 8 nitrogen and oxygen atoms in total. The average Bonchev–Trinajstić information content (AvgIpc) is 2.53. The number of benzene rings is 1. The Bertz CT molecular complexity index is 795. The van der Waals surface area contributed by atoms with E-state index in [1.807, 2.05) is 0 Å². The molecule has 0 fully saturated rings. The summed E-state index contributed by atoms with van der Waals surface area (Å²) in [6.07, 6.45) is -3.92. The first-order chi connectivity index (χ1) is 11.2. The summed E-state index contributed by atoms with van der Waals surface area (Å²) in [5.41, 5.74) is -2.04. The van der Waals surface area contributed by atoms with E-state index in [-0.39, 0.29) is 5.56 Å². The molecule has 0 spiro atoms. The Labute approximate surface area is 132 Å². The van der Waals surface area contributed by atoms with Crippen molar-refractivity contribution in [3.63, 3.8) is 0 Å². The summed E-state index contributed by atoms with van der Waals surface area (Å²) in [7, 11) is 1.09. The van der Waals surface area contributed by atoms with Crippen molar-refractivity contribution < 1.29 is 32.4 Å². The molecular weight excluding hydrogens is 335 g/mol. The molecule has 1 heterocycles. The third-order valence-electron chi connectivity index (χ3n) is 2.70. The molecule has 0 aliphatic heterocycles. The van der Waals surface area contributed by atoms with E-state index in [1.165, 1.54) is 0 Å². The van der Waals surface area contributed by atoms with Crippen molar-refractivity contribution >= 4 is 11.7 Å². The molecular formula is C13H8F3N3O5. The maximum Gasteiger partial charge on any atom is 0.433 e. The van der Waals surface area contributed by atoms with E-state index in [2.05, 4.69) is 14.7 Å². The number of ether oxygens (including phenoxy) is 2. The van der Waals surface area contributed by atoms with Crippen molar-refractivity contribution in [1.82, 2.24) is 9.97 Å². The van der Waals surface area contributed by atoms with Gasteiger partial charge in [0.1, 0.15) is 0 Å². The normalized spacial score (nSPS) is 11.0. The molecule has 0 unspecified atom stereocenters. The molecule has 0 aliphatic carbocycles. The largest absolute Gasteiger partial charge is 0.465 e. The number of halogens is 3. The van der Waals surface area contributed by atoms with Crippen LogP contribution in [0.15, 0.2) is 30.5 Å². The minimum absolute atomic E-state index is 0.124. The fourth-order valence-corrected chi connectivity index (χ4v) is 1.64. The van der Waals surface area contributed by atoms with Gasteiger partial charge in [0, 0.05) is 12.3 Å². The van der Waals surface area contributed by atoms with Gasteiger partial charge in [0.15, 0.2) is 5.69 Å². The molecule has 0 amide bonds. The first kappa shape index (κ1) is 17.1. The van der Waals surface area contributed by atoms with Gasteiger partial charge in [-0.1, -0.05) is 0 Å². The van der Waals surface area contributed by atoms with E-state index in [0.717, 1.165) is 31.5 Å². The molecule has 0 aliphatic rings. The Hall–Kier alpha value is -3.24. The Morgan fingerprint density at radius 2 is 2.00 bits per heavy atom. The highest BCUT2D eigenvalue weighted by atomic mass is 19.4. The van der Waals surface area contributed by atoms with Crippen molar-refractivity contribution in [2.24, 2.45) is 0 Å². The zero-order valence-corrected chi connectivity index (χ0v) is 11.9. The van der Waals surface area contributed by atoms with Gasteiger partial charge in [-0.15, -0.1) is 0 Å². The fourth-order valence-electron chi connectivity index (χ4n) is 1.64. The minimum Gasteiger partial charge on any atom is -0.465 e. The van der Waals surface area contributed by atoms with Crippen LogP contribution in [-0.2, 0) is 10.9 Å². The number of methoxy groups -OCH3 is 1.